The minimum Gasteiger partial charge on any atom is -0.275 e. The van der Waals surface area contributed by atoms with Crippen molar-refractivity contribution in [3.8, 4) is 11.1 Å². The van der Waals surface area contributed by atoms with Crippen LogP contribution >= 0.6 is 11.6 Å². The zero-order valence-corrected chi connectivity index (χ0v) is 18.0. The van der Waals surface area contributed by atoms with Gasteiger partial charge in [-0.25, -0.2) is 0 Å². The van der Waals surface area contributed by atoms with E-state index in [2.05, 4.69) is 50.5 Å². The number of aryl methyl sites for hydroxylation is 1. The van der Waals surface area contributed by atoms with E-state index < -0.39 is 0 Å². The van der Waals surface area contributed by atoms with Gasteiger partial charge in [-0.05, 0) is 35.9 Å². The van der Waals surface area contributed by atoms with E-state index in [1.165, 1.54) is 0 Å². The van der Waals surface area contributed by atoms with Crippen molar-refractivity contribution < 1.29 is 0 Å². The van der Waals surface area contributed by atoms with Crippen molar-refractivity contribution in [1.82, 2.24) is 34.6 Å². The number of fused-ring (bicyclic) bond motifs is 2. The molecule has 1 atom stereocenters. The van der Waals surface area contributed by atoms with Crippen molar-refractivity contribution >= 4 is 28.2 Å². The van der Waals surface area contributed by atoms with Crippen LogP contribution in [0.15, 0.2) is 55.0 Å². The van der Waals surface area contributed by atoms with E-state index in [1.807, 2.05) is 51.6 Å². The van der Waals surface area contributed by atoms with Crippen LogP contribution in [-0.4, -0.2) is 34.6 Å². The molecule has 0 spiro atoms. The van der Waals surface area contributed by atoms with Gasteiger partial charge >= 0.3 is 0 Å². The fourth-order valence-electron chi connectivity index (χ4n) is 3.35. The highest BCUT2D eigenvalue weighted by atomic mass is 35.5. The second kappa shape index (κ2) is 8.20. The second-order valence-electron chi connectivity index (χ2n) is 6.78. The van der Waals surface area contributed by atoms with Crippen LogP contribution in [0.4, 0.5) is 0 Å². The van der Waals surface area contributed by atoms with E-state index in [0.717, 1.165) is 33.4 Å². The molecule has 4 aromatic heterocycles. The third-order valence-electron chi connectivity index (χ3n) is 4.89. The molecule has 7 nitrogen and oxygen atoms in total. The summed E-state index contributed by atoms with van der Waals surface area (Å²) in [7, 11) is 1.90. The van der Waals surface area contributed by atoms with Gasteiger partial charge in [-0.2, -0.15) is 14.7 Å². The number of benzene rings is 1. The van der Waals surface area contributed by atoms with Crippen LogP contribution in [0.1, 0.15) is 38.1 Å². The Kier molecular flexibility index (Phi) is 5.46. The largest absolute Gasteiger partial charge is 0.275 e. The zero-order chi connectivity index (χ0) is 21.3. The highest BCUT2D eigenvalue weighted by molar-refractivity contribution is 6.29. The lowest BCUT2D eigenvalue weighted by Gasteiger charge is -2.11. The topological polar surface area (TPSA) is 73.8 Å². The molecule has 1 aromatic carbocycles. The summed E-state index contributed by atoms with van der Waals surface area (Å²) in [6.07, 6.45) is 5.69. The quantitative estimate of drug-likeness (QED) is 0.415. The number of hydrogen-bond acceptors (Lipinski definition) is 5. The first kappa shape index (κ1) is 20.0. The van der Waals surface area contributed by atoms with Gasteiger partial charge < -0.3 is 0 Å². The van der Waals surface area contributed by atoms with Crippen molar-refractivity contribution in [1.29, 1.82) is 0 Å². The number of pyridine rings is 1. The third-order valence-corrected chi connectivity index (χ3v) is 5.09. The molecule has 0 fully saturated rings. The predicted molar refractivity (Wildman–Crippen MR) is 119 cm³/mol. The number of nitrogens with zero attached hydrogens (tertiary/aromatic N) is 7. The fourth-order valence-corrected chi connectivity index (χ4v) is 3.49. The summed E-state index contributed by atoms with van der Waals surface area (Å²) >= 11 is 6.05. The molecular formula is C22H22ClN7. The normalized spacial score (nSPS) is 12.0. The Hall–Kier alpha value is -3.32. The Morgan fingerprint density at radius 1 is 0.967 bits per heavy atom. The average Bonchev–Trinajstić information content (AvgIpc) is 3.40. The summed E-state index contributed by atoms with van der Waals surface area (Å²) < 4.78 is 3.48. The summed E-state index contributed by atoms with van der Waals surface area (Å²) in [4.78, 5) is 4.59. The molecule has 1 unspecified atom stereocenters. The van der Waals surface area contributed by atoms with Crippen molar-refractivity contribution in [2.45, 2.75) is 26.7 Å². The van der Waals surface area contributed by atoms with Crippen LogP contribution in [0.25, 0.3) is 27.7 Å². The minimum atomic E-state index is -0.00702. The number of halogens is 1. The zero-order valence-electron chi connectivity index (χ0n) is 17.3. The van der Waals surface area contributed by atoms with Crippen LogP contribution in [0.3, 0.4) is 0 Å². The molecule has 0 saturated carbocycles. The fraction of sp³-hybridized carbons (Fsp3) is 0.227. The molecule has 0 saturated heterocycles. The first-order valence-electron chi connectivity index (χ1n) is 9.85. The minimum absolute atomic E-state index is 0.00702. The molecule has 0 amide bonds. The monoisotopic (exact) mass is 419 g/mol. The number of aromatic nitrogens is 7. The van der Waals surface area contributed by atoms with Gasteiger partial charge in [-0.15, -0.1) is 10.2 Å². The Bertz CT molecular complexity index is 1320. The maximum Gasteiger partial charge on any atom is 0.178 e. The Morgan fingerprint density at radius 3 is 2.57 bits per heavy atom. The molecule has 8 heteroatoms. The van der Waals surface area contributed by atoms with Crippen molar-refractivity contribution in [3.05, 3.63) is 71.5 Å². The molecule has 0 aliphatic heterocycles. The molecule has 0 aliphatic carbocycles. The number of hydrogen-bond donors (Lipinski definition) is 0. The van der Waals surface area contributed by atoms with E-state index in [9.17, 15) is 0 Å². The number of rotatable bonds is 3. The molecule has 4 heterocycles. The molecule has 0 N–H and O–H groups in total. The molecule has 0 radical (unpaired) electrons. The third kappa shape index (κ3) is 3.64. The van der Waals surface area contributed by atoms with Gasteiger partial charge in [-0.1, -0.05) is 38.4 Å². The van der Waals surface area contributed by atoms with Gasteiger partial charge in [-0.3, -0.25) is 9.67 Å². The molecule has 152 valence electrons. The van der Waals surface area contributed by atoms with E-state index >= 15 is 0 Å². The van der Waals surface area contributed by atoms with E-state index in [1.54, 1.807) is 15.3 Å². The van der Waals surface area contributed by atoms with Crippen LogP contribution in [-0.2, 0) is 7.05 Å². The molecule has 5 rings (SSSR count). The van der Waals surface area contributed by atoms with Gasteiger partial charge in [0.25, 0.3) is 0 Å². The van der Waals surface area contributed by atoms with E-state index in [4.69, 9.17) is 11.6 Å². The Balaban J connectivity index is 0.00000106. The highest BCUT2D eigenvalue weighted by Gasteiger charge is 2.17. The maximum atomic E-state index is 6.05. The maximum absolute atomic E-state index is 6.05. The lowest BCUT2D eigenvalue weighted by atomic mass is 9.98. The van der Waals surface area contributed by atoms with Gasteiger partial charge in [0.1, 0.15) is 5.15 Å². The lowest BCUT2D eigenvalue weighted by molar-refractivity contribution is 0.751. The van der Waals surface area contributed by atoms with Crippen molar-refractivity contribution in [2.75, 3.05) is 0 Å². The summed E-state index contributed by atoms with van der Waals surface area (Å²) in [6.45, 7) is 6.08. The van der Waals surface area contributed by atoms with E-state index in [0.29, 0.717) is 10.8 Å². The van der Waals surface area contributed by atoms with Gasteiger partial charge in [0.15, 0.2) is 11.5 Å². The summed E-state index contributed by atoms with van der Waals surface area (Å²) in [5.74, 6) is 0.737. The van der Waals surface area contributed by atoms with Gasteiger partial charge in [0, 0.05) is 41.9 Å². The second-order valence-corrected chi connectivity index (χ2v) is 7.17. The average molecular weight is 420 g/mol. The standard InChI is InChI=1S/C20H16ClN7.C2H6/c1-12(20-25-24-19-6-5-18(21)26-28(19)20)13-3-4-17-14(7-13)8-15(9-22-17)16-10-23-27(2)11-16;1-2/h3-12H,1-2H3;1-2H3. The van der Waals surface area contributed by atoms with Gasteiger partial charge in [0.05, 0.1) is 11.7 Å². The molecule has 5 aromatic rings. The van der Waals surface area contributed by atoms with Crippen molar-refractivity contribution in [3.63, 3.8) is 0 Å². The summed E-state index contributed by atoms with van der Waals surface area (Å²) in [5.41, 5.74) is 4.79. The lowest BCUT2D eigenvalue weighted by Crippen LogP contribution is -2.05. The Morgan fingerprint density at radius 2 is 1.80 bits per heavy atom. The van der Waals surface area contributed by atoms with Crippen molar-refractivity contribution in [2.24, 2.45) is 7.05 Å². The highest BCUT2D eigenvalue weighted by Crippen LogP contribution is 2.28. The van der Waals surface area contributed by atoms with Crippen LogP contribution in [0.2, 0.25) is 5.15 Å². The molecule has 0 bridgehead atoms. The summed E-state index contributed by atoms with van der Waals surface area (Å²) in [5, 5.41) is 18.6. The molecule has 30 heavy (non-hydrogen) atoms. The van der Waals surface area contributed by atoms with Gasteiger partial charge in [0.2, 0.25) is 0 Å². The molecule has 0 aliphatic rings. The first-order chi connectivity index (χ1) is 14.6. The smallest absolute Gasteiger partial charge is 0.178 e. The summed E-state index contributed by atoms with van der Waals surface area (Å²) in [6, 6.07) is 11.9. The van der Waals surface area contributed by atoms with Crippen LogP contribution < -0.4 is 0 Å². The predicted octanol–water partition coefficient (Wildman–Crippen LogP) is 4.90. The molecular weight excluding hydrogens is 398 g/mol. The first-order valence-corrected chi connectivity index (χ1v) is 10.2. The van der Waals surface area contributed by atoms with E-state index in [-0.39, 0.29) is 5.92 Å². The van der Waals surface area contributed by atoms with Crippen LogP contribution in [0.5, 0.6) is 0 Å². The SMILES string of the molecule is CC.CC(c1ccc2ncc(-c3cnn(C)c3)cc2c1)c1nnc2ccc(Cl)nn12. The van der Waals surface area contributed by atoms with Crippen LogP contribution in [0, 0.1) is 0 Å². The Labute approximate surface area is 179 Å².